The Hall–Kier alpha value is -1.91. The van der Waals surface area contributed by atoms with Gasteiger partial charge in [-0.1, -0.05) is 30.2 Å². The van der Waals surface area contributed by atoms with Crippen LogP contribution < -0.4 is 5.32 Å². The first-order valence-electron chi connectivity index (χ1n) is 8.39. The van der Waals surface area contributed by atoms with Gasteiger partial charge in [-0.3, -0.25) is 4.79 Å². The molecule has 0 aliphatic heterocycles. The highest BCUT2D eigenvalue weighted by Gasteiger charge is 2.39. The molecule has 5 heteroatoms. The lowest BCUT2D eigenvalue weighted by atomic mass is 9.97. The third-order valence-electron chi connectivity index (χ3n) is 5.40. The van der Waals surface area contributed by atoms with E-state index in [1.54, 1.807) is 0 Å². The molecule has 1 amide bonds. The molecule has 22 heavy (non-hydrogen) atoms. The second-order valence-corrected chi connectivity index (χ2v) is 6.66. The second kappa shape index (κ2) is 5.71. The van der Waals surface area contributed by atoms with Crippen LogP contribution in [0, 0.1) is 11.8 Å². The van der Waals surface area contributed by atoms with E-state index in [0.717, 1.165) is 29.3 Å². The molecule has 1 aromatic heterocycles. The van der Waals surface area contributed by atoms with Crippen molar-refractivity contribution in [3.8, 4) is 0 Å². The van der Waals surface area contributed by atoms with Crippen molar-refractivity contribution in [2.45, 2.75) is 51.1 Å². The maximum Gasteiger partial charge on any atom is 0.222 e. The van der Waals surface area contributed by atoms with E-state index < -0.39 is 0 Å². The number of carbonyl (C=O) groups is 1. The van der Waals surface area contributed by atoms with E-state index >= 15 is 0 Å². The third kappa shape index (κ3) is 2.49. The van der Waals surface area contributed by atoms with Crippen LogP contribution in [0.1, 0.15) is 38.5 Å². The number of amides is 1. The second-order valence-electron chi connectivity index (χ2n) is 6.66. The van der Waals surface area contributed by atoms with E-state index in [0.29, 0.717) is 19.0 Å². The van der Waals surface area contributed by atoms with Crippen LogP contribution >= 0.6 is 0 Å². The topological polar surface area (TPSA) is 59.8 Å². The molecule has 1 heterocycles. The molecule has 0 radical (unpaired) electrons. The van der Waals surface area contributed by atoms with E-state index in [2.05, 4.69) is 15.6 Å². The summed E-state index contributed by atoms with van der Waals surface area (Å²) in [6.07, 6.45) is 6.93. The van der Waals surface area contributed by atoms with Crippen LogP contribution in [0.15, 0.2) is 24.3 Å². The molecule has 2 aliphatic carbocycles. The molecule has 1 N–H and O–H groups in total. The molecule has 1 aromatic carbocycles. The largest absolute Gasteiger partial charge is 0.353 e. The van der Waals surface area contributed by atoms with E-state index in [-0.39, 0.29) is 5.91 Å². The van der Waals surface area contributed by atoms with Crippen LogP contribution in [0.3, 0.4) is 0 Å². The van der Waals surface area contributed by atoms with Gasteiger partial charge in [0.25, 0.3) is 0 Å². The average molecular weight is 298 g/mol. The first-order chi connectivity index (χ1) is 10.8. The Morgan fingerprint density at radius 3 is 3.09 bits per heavy atom. The van der Waals surface area contributed by atoms with Gasteiger partial charge in [0, 0.05) is 12.5 Å². The molecular formula is C17H22N4O. The number of aryl methyl sites for hydroxylation is 1. The summed E-state index contributed by atoms with van der Waals surface area (Å²) in [5.74, 6) is 1.75. The zero-order chi connectivity index (χ0) is 14.9. The highest BCUT2D eigenvalue weighted by atomic mass is 16.1. The number of benzene rings is 1. The normalized spacial score (nSPS) is 27.2. The van der Waals surface area contributed by atoms with Crippen LogP contribution in [0.25, 0.3) is 11.0 Å². The number of para-hydroxylation sites is 1. The van der Waals surface area contributed by atoms with Gasteiger partial charge in [-0.2, -0.15) is 0 Å². The summed E-state index contributed by atoms with van der Waals surface area (Å²) >= 11 is 0. The van der Waals surface area contributed by atoms with Gasteiger partial charge in [-0.15, -0.1) is 5.10 Å². The summed E-state index contributed by atoms with van der Waals surface area (Å²) in [6, 6.07) is 8.27. The van der Waals surface area contributed by atoms with Gasteiger partial charge in [0.2, 0.25) is 5.91 Å². The summed E-state index contributed by atoms with van der Waals surface area (Å²) in [5, 5.41) is 11.5. The lowest BCUT2D eigenvalue weighted by Gasteiger charge is -2.20. The number of hydrogen-bond acceptors (Lipinski definition) is 3. The smallest absolute Gasteiger partial charge is 0.222 e. The highest BCUT2D eigenvalue weighted by Crippen LogP contribution is 2.43. The zero-order valence-electron chi connectivity index (χ0n) is 12.7. The van der Waals surface area contributed by atoms with E-state index in [4.69, 9.17) is 0 Å². The van der Waals surface area contributed by atoms with Crippen molar-refractivity contribution in [2.24, 2.45) is 11.8 Å². The van der Waals surface area contributed by atoms with E-state index in [9.17, 15) is 4.79 Å². The number of nitrogens with one attached hydrogen (secondary N) is 1. The van der Waals surface area contributed by atoms with Gasteiger partial charge in [0.15, 0.2) is 0 Å². The standard InChI is InChI=1S/C17H22N4O/c22-17(18-14-9-8-12-4-3-5-13(12)14)10-11-21-16-7-2-1-6-15(16)19-20-21/h1-2,6-7,12-14H,3-5,8-11H2,(H,18,22)/t12-,13-,14-/m0/s1. The van der Waals surface area contributed by atoms with Crippen molar-refractivity contribution in [1.82, 2.24) is 20.3 Å². The zero-order valence-corrected chi connectivity index (χ0v) is 12.7. The van der Waals surface area contributed by atoms with Crippen molar-refractivity contribution in [1.29, 1.82) is 0 Å². The Balaban J connectivity index is 1.35. The lowest BCUT2D eigenvalue weighted by molar-refractivity contribution is -0.122. The van der Waals surface area contributed by atoms with Crippen molar-refractivity contribution in [3.63, 3.8) is 0 Å². The molecule has 2 fully saturated rings. The number of aromatic nitrogens is 3. The minimum atomic E-state index is 0.150. The summed E-state index contributed by atoms with van der Waals surface area (Å²) in [4.78, 5) is 12.2. The van der Waals surface area contributed by atoms with E-state index in [1.165, 1.54) is 25.7 Å². The predicted octanol–water partition coefficient (Wildman–Crippen LogP) is 2.52. The molecule has 0 bridgehead atoms. The quantitative estimate of drug-likeness (QED) is 0.943. The van der Waals surface area contributed by atoms with Crippen LogP contribution in [-0.4, -0.2) is 26.9 Å². The molecule has 2 aromatic rings. The number of rotatable bonds is 4. The molecule has 5 nitrogen and oxygen atoms in total. The third-order valence-corrected chi connectivity index (χ3v) is 5.40. The van der Waals surface area contributed by atoms with Crippen LogP contribution in [0.5, 0.6) is 0 Å². The molecule has 4 rings (SSSR count). The number of fused-ring (bicyclic) bond motifs is 2. The Labute approximate surface area is 130 Å². The fourth-order valence-corrected chi connectivity index (χ4v) is 4.31. The molecule has 0 saturated heterocycles. The Bertz CT molecular complexity index is 680. The maximum absolute atomic E-state index is 12.2. The fourth-order valence-electron chi connectivity index (χ4n) is 4.31. The first kappa shape index (κ1) is 13.7. The van der Waals surface area contributed by atoms with Crippen LogP contribution in [0.4, 0.5) is 0 Å². The molecule has 2 saturated carbocycles. The SMILES string of the molecule is O=C(CCn1nnc2ccccc21)N[C@H]1CC[C@@H]2CCC[C@@H]21. The Kier molecular flexibility index (Phi) is 3.56. The van der Waals surface area contributed by atoms with Gasteiger partial charge >= 0.3 is 0 Å². The maximum atomic E-state index is 12.2. The number of nitrogens with zero attached hydrogens (tertiary/aromatic N) is 3. The molecule has 0 spiro atoms. The monoisotopic (exact) mass is 298 g/mol. The van der Waals surface area contributed by atoms with Crippen molar-refractivity contribution in [3.05, 3.63) is 24.3 Å². The van der Waals surface area contributed by atoms with Crippen LogP contribution in [-0.2, 0) is 11.3 Å². The summed E-state index contributed by atoms with van der Waals surface area (Å²) in [7, 11) is 0. The van der Waals surface area contributed by atoms with Crippen molar-refractivity contribution in [2.75, 3.05) is 0 Å². The van der Waals surface area contributed by atoms with Gasteiger partial charge in [0.05, 0.1) is 12.1 Å². The van der Waals surface area contributed by atoms with Crippen molar-refractivity contribution < 1.29 is 4.79 Å². The van der Waals surface area contributed by atoms with Crippen LogP contribution in [0.2, 0.25) is 0 Å². The predicted molar refractivity (Wildman–Crippen MR) is 84.1 cm³/mol. The van der Waals surface area contributed by atoms with Gasteiger partial charge in [-0.05, 0) is 43.2 Å². The minimum absolute atomic E-state index is 0.150. The van der Waals surface area contributed by atoms with E-state index in [1.807, 2.05) is 28.9 Å². The summed E-state index contributed by atoms with van der Waals surface area (Å²) < 4.78 is 1.82. The van der Waals surface area contributed by atoms with Gasteiger partial charge in [0.1, 0.15) is 5.52 Å². The average Bonchev–Trinajstić information content (AvgIpc) is 3.22. The molecule has 0 unspecified atom stereocenters. The summed E-state index contributed by atoms with van der Waals surface area (Å²) in [6.45, 7) is 0.590. The molecular weight excluding hydrogens is 276 g/mol. The number of carbonyl (C=O) groups excluding carboxylic acids is 1. The summed E-state index contributed by atoms with van der Waals surface area (Å²) in [5.41, 5.74) is 1.87. The lowest BCUT2D eigenvalue weighted by Crippen LogP contribution is -2.38. The van der Waals surface area contributed by atoms with Crippen molar-refractivity contribution >= 4 is 16.9 Å². The Morgan fingerprint density at radius 2 is 2.14 bits per heavy atom. The Morgan fingerprint density at radius 1 is 1.23 bits per heavy atom. The molecule has 3 atom stereocenters. The fraction of sp³-hybridized carbons (Fsp3) is 0.588. The molecule has 2 aliphatic rings. The number of hydrogen-bond donors (Lipinski definition) is 1. The van der Waals surface area contributed by atoms with Gasteiger partial charge < -0.3 is 5.32 Å². The molecule has 116 valence electrons. The minimum Gasteiger partial charge on any atom is -0.353 e. The first-order valence-corrected chi connectivity index (χ1v) is 8.39. The highest BCUT2D eigenvalue weighted by molar-refractivity contribution is 5.77. The van der Waals surface area contributed by atoms with Gasteiger partial charge in [-0.25, -0.2) is 4.68 Å².